The van der Waals surface area contributed by atoms with Gasteiger partial charge in [0.2, 0.25) is 0 Å². The zero-order chi connectivity index (χ0) is 17.6. The molecule has 0 spiro atoms. The predicted molar refractivity (Wildman–Crippen MR) is 95.0 cm³/mol. The Labute approximate surface area is 147 Å². The van der Waals surface area contributed by atoms with Crippen molar-refractivity contribution in [3.8, 4) is 28.8 Å². The van der Waals surface area contributed by atoms with Crippen LogP contribution in [0, 0.1) is 11.8 Å². The monoisotopic (exact) mass is 338 g/mol. The van der Waals surface area contributed by atoms with Crippen molar-refractivity contribution in [1.82, 2.24) is 9.78 Å². The fourth-order valence-corrected chi connectivity index (χ4v) is 3.19. The Morgan fingerprint density at radius 2 is 2.00 bits per heavy atom. The Morgan fingerprint density at radius 1 is 1.28 bits per heavy atom. The topological polar surface area (TPSA) is 64.3 Å². The van der Waals surface area contributed by atoms with E-state index in [4.69, 9.17) is 4.74 Å². The van der Waals surface area contributed by atoms with Crippen molar-refractivity contribution in [2.24, 2.45) is 0 Å². The highest BCUT2D eigenvalue weighted by Gasteiger charge is 2.20. The van der Waals surface area contributed by atoms with Gasteiger partial charge in [0.15, 0.2) is 0 Å². The van der Waals surface area contributed by atoms with E-state index in [2.05, 4.69) is 16.9 Å². The summed E-state index contributed by atoms with van der Waals surface area (Å²) in [7, 11) is 0. The number of aromatic nitrogens is 2. The summed E-state index contributed by atoms with van der Waals surface area (Å²) < 4.78 is 6.87. The number of hydrogen-bond acceptors (Lipinski definition) is 4. The van der Waals surface area contributed by atoms with Crippen LogP contribution in [0.5, 0.6) is 5.75 Å². The third kappa shape index (κ3) is 4.21. The number of rotatable bonds is 3. The molecule has 1 aliphatic carbocycles. The van der Waals surface area contributed by atoms with Gasteiger partial charge in [-0.1, -0.05) is 19.3 Å². The molecule has 1 fully saturated rings. The van der Waals surface area contributed by atoms with Crippen LogP contribution >= 0.6 is 0 Å². The van der Waals surface area contributed by atoms with Gasteiger partial charge in [-0.15, -0.1) is 0 Å². The molecular weight excluding hydrogens is 316 g/mol. The molecule has 1 aromatic heterocycles. The average molecular weight is 338 g/mol. The summed E-state index contributed by atoms with van der Waals surface area (Å²) in [5, 5.41) is 14.2. The van der Waals surface area contributed by atoms with Crippen LogP contribution < -0.4 is 0 Å². The molecule has 0 amide bonds. The summed E-state index contributed by atoms with van der Waals surface area (Å²) >= 11 is 0. The Balaban J connectivity index is 1.96. The van der Waals surface area contributed by atoms with E-state index in [1.807, 2.05) is 22.9 Å². The molecule has 2 aromatic rings. The molecule has 0 saturated heterocycles. The molecule has 1 heterocycles. The molecule has 25 heavy (non-hydrogen) atoms. The van der Waals surface area contributed by atoms with Gasteiger partial charge in [0.1, 0.15) is 11.4 Å². The smallest absolute Gasteiger partial charge is 0.384 e. The minimum absolute atomic E-state index is 0.231. The van der Waals surface area contributed by atoms with Crippen molar-refractivity contribution in [2.75, 3.05) is 6.61 Å². The second kappa shape index (κ2) is 7.89. The predicted octanol–water partition coefficient (Wildman–Crippen LogP) is 3.68. The van der Waals surface area contributed by atoms with Crippen LogP contribution in [-0.4, -0.2) is 27.5 Å². The van der Waals surface area contributed by atoms with E-state index in [0.29, 0.717) is 18.3 Å². The van der Waals surface area contributed by atoms with Gasteiger partial charge in [-0.2, -0.15) is 5.10 Å². The molecule has 0 atom stereocenters. The number of nitrogens with zero attached hydrogens (tertiary/aromatic N) is 2. The van der Waals surface area contributed by atoms with Crippen molar-refractivity contribution < 1.29 is 14.6 Å². The fourth-order valence-electron chi connectivity index (χ4n) is 3.19. The van der Waals surface area contributed by atoms with Crippen molar-refractivity contribution in [1.29, 1.82) is 0 Å². The van der Waals surface area contributed by atoms with Crippen molar-refractivity contribution in [2.45, 2.75) is 45.1 Å². The van der Waals surface area contributed by atoms with Gasteiger partial charge in [-0.3, -0.25) is 4.68 Å². The van der Waals surface area contributed by atoms with Crippen LogP contribution in [0.25, 0.3) is 11.3 Å². The number of phenolic OH excluding ortho intramolecular Hbond substituents is 1. The molecule has 0 unspecified atom stereocenters. The molecule has 0 bridgehead atoms. The van der Waals surface area contributed by atoms with Crippen LogP contribution in [0.1, 0.15) is 50.8 Å². The van der Waals surface area contributed by atoms with E-state index < -0.39 is 5.97 Å². The first-order valence-electron chi connectivity index (χ1n) is 8.75. The quantitative estimate of drug-likeness (QED) is 0.685. The number of phenols is 1. The lowest BCUT2D eigenvalue weighted by Crippen LogP contribution is -2.15. The Kier molecular flexibility index (Phi) is 5.39. The third-order valence-electron chi connectivity index (χ3n) is 4.39. The number of benzene rings is 1. The highest BCUT2D eigenvalue weighted by atomic mass is 16.5. The van der Waals surface area contributed by atoms with Crippen LogP contribution in [0.3, 0.4) is 0 Å². The summed E-state index contributed by atoms with van der Waals surface area (Å²) in [4.78, 5) is 11.5. The lowest BCUT2D eigenvalue weighted by Gasteiger charge is -2.24. The maximum Gasteiger partial charge on any atom is 0.384 e. The largest absolute Gasteiger partial charge is 0.508 e. The van der Waals surface area contributed by atoms with Gasteiger partial charge in [0.25, 0.3) is 0 Å². The minimum Gasteiger partial charge on any atom is -0.508 e. The van der Waals surface area contributed by atoms with E-state index in [-0.39, 0.29) is 5.75 Å². The SMILES string of the molecule is CCOC(=O)C#Cc1cc(-c2ccc(O)cc2)n(C2CCCCC2)n1. The number of aromatic hydroxyl groups is 1. The zero-order valence-electron chi connectivity index (χ0n) is 14.4. The minimum atomic E-state index is -0.541. The number of carbonyl (C=O) groups excluding carboxylic acids is 1. The number of carbonyl (C=O) groups is 1. The Hall–Kier alpha value is -2.74. The number of ether oxygens (including phenoxy) is 1. The van der Waals surface area contributed by atoms with E-state index in [1.165, 1.54) is 19.3 Å². The maximum absolute atomic E-state index is 11.5. The van der Waals surface area contributed by atoms with Gasteiger partial charge in [-0.05, 0) is 50.0 Å². The molecular formula is C20H22N2O3. The first kappa shape index (κ1) is 17.1. The van der Waals surface area contributed by atoms with Gasteiger partial charge < -0.3 is 9.84 Å². The lowest BCUT2D eigenvalue weighted by molar-refractivity contribution is -0.136. The summed E-state index contributed by atoms with van der Waals surface area (Å²) in [5.74, 6) is 4.97. The van der Waals surface area contributed by atoms with Crippen LogP contribution in [-0.2, 0) is 9.53 Å². The molecule has 130 valence electrons. The zero-order valence-corrected chi connectivity index (χ0v) is 14.4. The summed E-state index contributed by atoms with van der Waals surface area (Å²) in [6.45, 7) is 2.06. The average Bonchev–Trinajstić information content (AvgIpc) is 3.06. The Bertz CT molecular complexity index is 791. The Morgan fingerprint density at radius 3 is 2.68 bits per heavy atom. The highest BCUT2D eigenvalue weighted by molar-refractivity contribution is 5.89. The van der Waals surface area contributed by atoms with E-state index in [0.717, 1.165) is 24.1 Å². The second-order valence-electron chi connectivity index (χ2n) is 6.17. The maximum atomic E-state index is 11.5. The lowest BCUT2D eigenvalue weighted by atomic mass is 9.95. The number of hydrogen-bond donors (Lipinski definition) is 1. The number of esters is 1. The highest BCUT2D eigenvalue weighted by Crippen LogP contribution is 2.33. The summed E-state index contributed by atoms with van der Waals surface area (Å²) in [6.07, 6.45) is 5.85. The molecule has 3 rings (SSSR count). The van der Waals surface area contributed by atoms with Crippen molar-refractivity contribution in [3.05, 3.63) is 36.0 Å². The molecule has 1 aliphatic rings. The van der Waals surface area contributed by atoms with Crippen molar-refractivity contribution >= 4 is 5.97 Å². The molecule has 0 aliphatic heterocycles. The van der Waals surface area contributed by atoms with Crippen LogP contribution in [0.2, 0.25) is 0 Å². The standard InChI is InChI=1S/C20H22N2O3/c1-2-25-20(24)13-10-16-14-19(15-8-11-18(23)12-9-15)22(21-16)17-6-4-3-5-7-17/h8-9,11-12,14,17,23H,2-7H2,1H3. The van der Waals surface area contributed by atoms with Gasteiger partial charge >= 0.3 is 5.97 Å². The molecule has 1 saturated carbocycles. The second-order valence-corrected chi connectivity index (χ2v) is 6.17. The summed E-state index contributed by atoms with van der Waals surface area (Å²) in [6, 6.07) is 9.31. The first-order valence-corrected chi connectivity index (χ1v) is 8.75. The fraction of sp³-hybridized carbons (Fsp3) is 0.400. The van der Waals surface area contributed by atoms with Crippen LogP contribution in [0.15, 0.2) is 30.3 Å². The summed E-state index contributed by atoms with van der Waals surface area (Å²) in [5.41, 5.74) is 2.49. The van der Waals surface area contributed by atoms with E-state index in [9.17, 15) is 9.90 Å². The molecule has 0 radical (unpaired) electrons. The normalized spacial score (nSPS) is 14.6. The molecule has 1 N–H and O–H groups in total. The third-order valence-corrected chi connectivity index (χ3v) is 4.39. The molecule has 5 nitrogen and oxygen atoms in total. The van der Waals surface area contributed by atoms with E-state index >= 15 is 0 Å². The van der Waals surface area contributed by atoms with Gasteiger partial charge in [0.05, 0.1) is 18.3 Å². The van der Waals surface area contributed by atoms with Crippen LogP contribution in [0.4, 0.5) is 0 Å². The van der Waals surface area contributed by atoms with Gasteiger partial charge in [-0.25, -0.2) is 4.79 Å². The van der Waals surface area contributed by atoms with Gasteiger partial charge in [0, 0.05) is 17.6 Å². The first-order chi connectivity index (χ1) is 12.2. The molecule has 5 heteroatoms. The van der Waals surface area contributed by atoms with E-state index in [1.54, 1.807) is 19.1 Å². The van der Waals surface area contributed by atoms with Crippen molar-refractivity contribution in [3.63, 3.8) is 0 Å². The molecule has 1 aromatic carbocycles.